The molecule has 1 rings (SSSR count). The normalized spacial score (nSPS) is 13.7. The molecule has 0 bridgehead atoms. The van der Waals surface area contributed by atoms with Crippen molar-refractivity contribution in [3.8, 4) is 0 Å². The van der Waals surface area contributed by atoms with Gasteiger partial charge in [0.25, 0.3) is 0 Å². The SMILES string of the molecule is CCOC(=O)c1[nH]c(C)c(C(O)C(O)C(=O)OC)c1C. The van der Waals surface area contributed by atoms with Crippen LogP contribution in [0.3, 0.4) is 0 Å². The summed E-state index contributed by atoms with van der Waals surface area (Å²) in [5.41, 5.74) is 1.37. The van der Waals surface area contributed by atoms with E-state index in [0.717, 1.165) is 7.11 Å². The largest absolute Gasteiger partial charge is 0.467 e. The number of aromatic amines is 1. The van der Waals surface area contributed by atoms with E-state index in [9.17, 15) is 19.8 Å². The number of aliphatic hydroxyl groups is 2. The number of H-pyrrole nitrogens is 1. The summed E-state index contributed by atoms with van der Waals surface area (Å²) in [6, 6.07) is 0. The highest BCUT2D eigenvalue weighted by atomic mass is 16.5. The first-order chi connectivity index (χ1) is 9.34. The Morgan fingerprint density at radius 1 is 1.30 bits per heavy atom. The molecule has 1 heterocycles. The van der Waals surface area contributed by atoms with Crippen LogP contribution in [0.2, 0.25) is 0 Å². The Morgan fingerprint density at radius 3 is 2.40 bits per heavy atom. The number of hydrogen-bond donors (Lipinski definition) is 3. The number of ether oxygens (including phenoxy) is 2. The summed E-state index contributed by atoms with van der Waals surface area (Å²) < 4.78 is 9.26. The lowest BCUT2D eigenvalue weighted by Crippen LogP contribution is -2.29. The second kappa shape index (κ2) is 6.53. The van der Waals surface area contributed by atoms with Crippen LogP contribution in [-0.2, 0) is 14.3 Å². The van der Waals surface area contributed by atoms with Crippen LogP contribution in [0, 0.1) is 13.8 Å². The number of hydrogen-bond acceptors (Lipinski definition) is 6. The Morgan fingerprint density at radius 2 is 1.90 bits per heavy atom. The van der Waals surface area contributed by atoms with Crippen molar-refractivity contribution < 1.29 is 29.3 Å². The van der Waals surface area contributed by atoms with Crippen molar-refractivity contribution in [3.63, 3.8) is 0 Å². The van der Waals surface area contributed by atoms with E-state index in [-0.39, 0.29) is 17.9 Å². The summed E-state index contributed by atoms with van der Waals surface area (Å²) in [5.74, 6) is -1.51. The Hall–Kier alpha value is -1.86. The number of carbonyl (C=O) groups excluding carboxylic acids is 2. The molecule has 0 aliphatic rings. The first kappa shape index (κ1) is 16.2. The number of aromatic nitrogens is 1. The van der Waals surface area contributed by atoms with E-state index in [1.165, 1.54) is 0 Å². The van der Waals surface area contributed by atoms with Gasteiger partial charge in [-0.25, -0.2) is 9.59 Å². The van der Waals surface area contributed by atoms with Gasteiger partial charge in [0.2, 0.25) is 0 Å². The number of aryl methyl sites for hydroxylation is 1. The van der Waals surface area contributed by atoms with E-state index in [2.05, 4.69) is 9.72 Å². The predicted molar refractivity (Wildman–Crippen MR) is 69.2 cm³/mol. The molecule has 20 heavy (non-hydrogen) atoms. The molecule has 1 aromatic rings. The van der Waals surface area contributed by atoms with Crippen LogP contribution >= 0.6 is 0 Å². The molecular weight excluding hydrogens is 266 g/mol. The molecule has 0 aliphatic carbocycles. The van der Waals surface area contributed by atoms with Crippen LogP contribution in [0.5, 0.6) is 0 Å². The zero-order valence-electron chi connectivity index (χ0n) is 11.9. The summed E-state index contributed by atoms with van der Waals surface area (Å²) in [6.45, 7) is 5.12. The van der Waals surface area contributed by atoms with Crippen LogP contribution < -0.4 is 0 Å². The summed E-state index contributed by atoms with van der Waals surface area (Å²) in [7, 11) is 1.11. The Balaban J connectivity index is 3.13. The molecule has 7 heteroatoms. The first-order valence-electron chi connectivity index (χ1n) is 6.15. The molecule has 0 aliphatic heterocycles. The molecule has 2 unspecified atom stereocenters. The fraction of sp³-hybridized carbons (Fsp3) is 0.538. The number of esters is 2. The van der Waals surface area contributed by atoms with Crippen molar-refractivity contribution in [1.82, 2.24) is 4.98 Å². The first-order valence-corrected chi connectivity index (χ1v) is 6.15. The van der Waals surface area contributed by atoms with Gasteiger partial charge in [-0.05, 0) is 26.3 Å². The molecule has 0 spiro atoms. The molecule has 3 N–H and O–H groups in total. The topological polar surface area (TPSA) is 109 Å². The van der Waals surface area contributed by atoms with Crippen molar-refractivity contribution in [2.75, 3.05) is 13.7 Å². The summed E-state index contributed by atoms with van der Waals surface area (Å²) in [4.78, 5) is 25.8. The van der Waals surface area contributed by atoms with Crippen LogP contribution in [0.1, 0.15) is 40.3 Å². The van der Waals surface area contributed by atoms with E-state index in [0.29, 0.717) is 11.3 Å². The minimum atomic E-state index is -1.72. The van der Waals surface area contributed by atoms with Crippen LogP contribution in [0.25, 0.3) is 0 Å². The third-order valence-electron chi connectivity index (χ3n) is 3.01. The molecule has 2 atom stereocenters. The van der Waals surface area contributed by atoms with Gasteiger partial charge in [0.05, 0.1) is 13.7 Å². The molecule has 7 nitrogen and oxygen atoms in total. The highest BCUT2D eigenvalue weighted by Gasteiger charge is 2.31. The summed E-state index contributed by atoms with van der Waals surface area (Å²) >= 11 is 0. The molecule has 0 amide bonds. The molecule has 0 aromatic carbocycles. The summed E-state index contributed by atoms with van der Waals surface area (Å²) in [5, 5.41) is 19.7. The van der Waals surface area contributed by atoms with Gasteiger partial charge in [0.15, 0.2) is 6.10 Å². The fourth-order valence-electron chi connectivity index (χ4n) is 2.02. The standard InChI is InChI=1S/C13H19NO6/c1-5-20-12(17)9-6(2)8(7(3)14-9)10(15)11(16)13(18)19-4/h10-11,14-16H,5H2,1-4H3. The molecular formula is C13H19NO6. The zero-order chi connectivity index (χ0) is 15.4. The van der Waals surface area contributed by atoms with E-state index in [1.54, 1.807) is 20.8 Å². The average molecular weight is 285 g/mol. The highest BCUT2D eigenvalue weighted by Crippen LogP contribution is 2.27. The maximum absolute atomic E-state index is 11.7. The maximum atomic E-state index is 11.7. The number of methoxy groups -OCH3 is 1. The van der Waals surface area contributed by atoms with E-state index >= 15 is 0 Å². The van der Waals surface area contributed by atoms with Gasteiger partial charge >= 0.3 is 11.9 Å². The maximum Gasteiger partial charge on any atom is 0.355 e. The van der Waals surface area contributed by atoms with Gasteiger partial charge in [-0.3, -0.25) is 0 Å². The van der Waals surface area contributed by atoms with Crippen LogP contribution in [-0.4, -0.2) is 47.0 Å². The van der Waals surface area contributed by atoms with Gasteiger partial charge < -0.3 is 24.7 Å². The molecule has 0 saturated heterocycles. The predicted octanol–water partition coefficient (Wildman–Crippen LogP) is 0.376. The van der Waals surface area contributed by atoms with Crippen molar-refractivity contribution in [2.24, 2.45) is 0 Å². The van der Waals surface area contributed by atoms with Gasteiger partial charge in [0, 0.05) is 11.3 Å². The number of aliphatic hydroxyl groups excluding tert-OH is 2. The van der Waals surface area contributed by atoms with E-state index in [1.807, 2.05) is 0 Å². The second-order valence-corrected chi connectivity index (χ2v) is 4.30. The molecule has 0 saturated carbocycles. The van der Waals surface area contributed by atoms with Crippen LogP contribution in [0.15, 0.2) is 0 Å². The van der Waals surface area contributed by atoms with Crippen molar-refractivity contribution >= 4 is 11.9 Å². The zero-order valence-corrected chi connectivity index (χ0v) is 11.9. The molecule has 112 valence electrons. The van der Waals surface area contributed by atoms with Gasteiger partial charge in [0.1, 0.15) is 11.8 Å². The Bertz CT molecular complexity index is 507. The van der Waals surface area contributed by atoms with Gasteiger partial charge in [-0.2, -0.15) is 0 Å². The van der Waals surface area contributed by atoms with E-state index in [4.69, 9.17) is 4.74 Å². The average Bonchev–Trinajstić information content (AvgIpc) is 2.71. The lowest BCUT2D eigenvalue weighted by Gasteiger charge is -2.16. The van der Waals surface area contributed by atoms with Crippen molar-refractivity contribution in [3.05, 3.63) is 22.5 Å². The minimum absolute atomic E-state index is 0.190. The summed E-state index contributed by atoms with van der Waals surface area (Å²) in [6.07, 6.45) is -3.20. The smallest absolute Gasteiger partial charge is 0.355 e. The number of carbonyl (C=O) groups is 2. The number of nitrogens with one attached hydrogen (secondary N) is 1. The lowest BCUT2D eigenvalue weighted by atomic mass is 10.00. The Labute approximate surface area is 116 Å². The third kappa shape index (κ3) is 3.00. The van der Waals surface area contributed by atoms with Crippen molar-refractivity contribution in [1.29, 1.82) is 0 Å². The second-order valence-electron chi connectivity index (χ2n) is 4.30. The quantitative estimate of drug-likeness (QED) is 0.675. The lowest BCUT2D eigenvalue weighted by molar-refractivity contribution is -0.156. The third-order valence-corrected chi connectivity index (χ3v) is 3.01. The van der Waals surface area contributed by atoms with Crippen molar-refractivity contribution in [2.45, 2.75) is 33.0 Å². The monoisotopic (exact) mass is 285 g/mol. The molecule has 1 aromatic heterocycles. The van der Waals surface area contributed by atoms with Gasteiger partial charge in [-0.15, -0.1) is 0 Å². The minimum Gasteiger partial charge on any atom is -0.467 e. The van der Waals surface area contributed by atoms with E-state index < -0.39 is 24.1 Å². The highest BCUT2D eigenvalue weighted by molar-refractivity contribution is 5.90. The number of rotatable bonds is 5. The van der Waals surface area contributed by atoms with Crippen LogP contribution in [0.4, 0.5) is 0 Å². The molecule has 0 radical (unpaired) electrons. The van der Waals surface area contributed by atoms with Gasteiger partial charge in [-0.1, -0.05) is 0 Å². The fourth-order valence-corrected chi connectivity index (χ4v) is 2.02. The Kier molecular flexibility index (Phi) is 5.29. The molecule has 0 fully saturated rings.